The zero-order valence-corrected chi connectivity index (χ0v) is 17.1. The summed E-state index contributed by atoms with van der Waals surface area (Å²) in [5, 5.41) is 0.798. The molecule has 0 bridgehead atoms. The third-order valence-corrected chi connectivity index (χ3v) is 6.56. The van der Waals surface area contributed by atoms with Crippen LogP contribution in [0.2, 0.25) is 5.02 Å². The second-order valence-corrected chi connectivity index (χ2v) is 8.74. The summed E-state index contributed by atoms with van der Waals surface area (Å²) in [5.74, 6) is 0.129. The summed E-state index contributed by atoms with van der Waals surface area (Å²) in [6.07, 6.45) is 1.04. The highest BCUT2D eigenvalue weighted by molar-refractivity contribution is 6.30. The lowest BCUT2D eigenvalue weighted by Crippen LogP contribution is -2.54. The van der Waals surface area contributed by atoms with Crippen molar-refractivity contribution in [3.8, 4) is 0 Å². The number of halogens is 2. The molecule has 3 atom stereocenters. The van der Waals surface area contributed by atoms with Gasteiger partial charge in [-0.05, 0) is 68.1 Å². The van der Waals surface area contributed by atoms with Gasteiger partial charge in [-0.15, -0.1) is 0 Å². The highest BCUT2D eigenvalue weighted by atomic mass is 35.5. The fraction of sp³-hybridized carbons (Fsp3) is 0.478. The Balaban J connectivity index is 1.63. The first-order valence-electron chi connectivity index (χ1n) is 9.98. The van der Waals surface area contributed by atoms with Gasteiger partial charge >= 0.3 is 0 Å². The fourth-order valence-electron chi connectivity index (χ4n) is 5.04. The Labute approximate surface area is 166 Å². The van der Waals surface area contributed by atoms with Crippen LogP contribution >= 0.6 is 11.6 Å². The van der Waals surface area contributed by atoms with E-state index in [1.54, 1.807) is 12.1 Å². The molecule has 2 nitrogen and oxygen atoms in total. The van der Waals surface area contributed by atoms with Crippen molar-refractivity contribution in [2.45, 2.75) is 51.2 Å². The van der Waals surface area contributed by atoms with E-state index in [4.69, 9.17) is 11.6 Å². The summed E-state index contributed by atoms with van der Waals surface area (Å²) in [6.45, 7) is 10.1. The maximum atomic E-state index is 13.4. The van der Waals surface area contributed by atoms with E-state index in [-0.39, 0.29) is 5.82 Å². The van der Waals surface area contributed by atoms with Crippen molar-refractivity contribution in [1.29, 1.82) is 0 Å². The second-order valence-electron chi connectivity index (χ2n) is 8.30. The van der Waals surface area contributed by atoms with E-state index in [2.05, 4.69) is 42.7 Å². The normalized spacial score (nSPS) is 26.5. The number of piperazine rings is 1. The summed E-state index contributed by atoms with van der Waals surface area (Å²) in [5.41, 5.74) is 3.88. The number of nitrogens with zero attached hydrogens (tertiary/aromatic N) is 2. The van der Waals surface area contributed by atoms with E-state index >= 15 is 0 Å². The third-order valence-electron chi connectivity index (χ3n) is 6.33. The largest absolute Gasteiger partial charge is 0.296 e. The Morgan fingerprint density at radius 3 is 2.44 bits per heavy atom. The average Bonchev–Trinajstić information content (AvgIpc) is 3.00. The van der Waals surface area contributed by atoms with Crippen molar-refractivity contribution in [2.75, 3.05) is 19.6 Å². The number of rotatable bonds is 3. The third kappa shape index (κ3) is 3.65. The number of fused-ring (bicyclic) bond motifs is 1. The van der Waals surface area contributed by atoms with E-state index in [1.165, 1.54) is 16.7 Å². The van der Waals surface area contributed by atoms with Gasteiger partial charge in [-0.1, -0.05) is 29.8 Å². The molecule has 0 radical (unpaired) electrons. The minimum absolute atomic E-state index is 0.178. The Hall–Kier alpha value is -1.42. The van der Waals surface area contributed by atoms with Gasteiger partial charge in [0.2, 0.25) is 0 Å². The molecule has 1 saturated heterocycles. The van der Waals surface area contributed by atoms with Crippen LogP contribution in [-0.2, 0) is 0 Å². The molecule has 1 heterocycles. The summed E-state index contributed by atoms with van der Waals surface area (Å²) < 4.78 is 13.4. The van der Waals surface area contributed by atoms with E-state index in [0.717, 1.165) is 31.1 Å². The molecule has 144 valence electrons. The van der Waals surface area contributed by atoms with Crippen molar-refractivity contribution in [3.63, 3.8) is 0 Å². The molecular weight excluding hydrogens is 359 g/mol. The summed E-state index contributed by atoms with van der Waals surface area (Å²) in [7, 11) is 0. The van der Waals surface area contributed by atoms with Gasteiger partial charge in [0.15, 0.2) is 0 Å². The molecule has 0 amide bonds. The summed E-state index contributed by atoms with van der Waals surface area (Å²) >= 11 is 6.36. The van der Waals surface area contributed by atoms with E-state index < -0.39 is 0 Å². The van der Waals surface area contributed by atoms with Crippen LogP contribution in [0.15, 0.2) is 42.5 Å². The van der Waals surface area contributed by atoms with Crippen LogP contribution < -0.4 is 0 Å². The Kier molecular flexibility index (Phi) is 5.28. The number of hydrogen-bond acceptors (Lipinski definition) is 2. The van der Waals surface area contributed by atoms with Crippen molar-refractivity contribution < 1.29 is 4.39 Å². The van der Waals surface area contributed by atoms with Gasteiger partial charge < -0.3 is 0 Å². The molecule has 4 heteroatoms. The van der Waals surface area contributed by atoms with E-state index in [0.29, 0.717) is 24.0 Å². The van der Waals surface area contributed by atoms with Crippen LogP contribution in [-0.4, -0.2) is 41.5 Å². The van der Waals surface area contributed by atoms with Gasteiger partial charge in [0.05, 0.1) is 0 Å². The van der Waals surface area contributed by atoms with Crippen molar-refractivity contribution in [3.05, 3.63) is 70.0 Å². The number of hydrogen-bond donors (Lipinski definition) is 0. The average molecular weight is 387 g/mol. The zero-order chi connectivity index (χ0) is 19.1. The molecule has 0 aromatic heterocycles. The SMILES string of the molecule is CC(C)N1CCN(C2CC(c3ccc(F)cc3)c3ccc(Cl)cc32)CC1C. The van der Waals surface area contributed by atoms with E-state index in [9.17, 15) is 4.39 Å². The maximum absolute atomic E-state index is 13.4. The minimum atomic E-state index is -0.178. The van der Waals surface area contributed by atoms with Gasteiger partial charge in [0.25, 0.3) is 0 Å². The first-order chi connectivity index (χ1) is 12.9. The quantitative estimate of drug-likeness (QED) is 0.690. The predicted molar refractivity (Wildman–Crippen MR) is 110 cm³/mol. The van der Waals surface area contributed by atoms with E-state index in [1.807, 2.05) is 18.2 Å². The molecule has 0 N–H and O–H groups in total. The summed E-state index contributed by atoms with van der Waals surface area (Å²) in [4.78, 5) is 5.21. The highest BCUT2D eigenvalue weighted by Gasteiger charge is 2.38. The highest BCUT2D eigenvalue weighted by Crippen LogP contribution is 2.48. The topological polar surface area (TPSA) is 6.48 Å². The monoisotopic (exact) mass is 386 g/mol. The minimum Gasteiger partial charge on any atom is -0.296 e. The van der Waals surface area contributed by atoms with Gasteiger partial charge in [0.1, 0.15) is 5.82 Å². The van der Waals surface area contributed by atoms with Crippen LogP contribution in [0.25, 0.3) is 0 Å². The standard InChI is InChI=1S/C23H28ClFN2/c1-15(2)27-11-10-26(14-16(27)3)23-13-21(17-4-7-19(25)8-5-17)20-9-6-18(24)12-22(20)23/h4-9,12,15-16,21,23H,10-11,13-14H2,1-3H3. The predicted octanol–water partition coefficient (Wildman–Crippen LogP) is 5.47. The Morgan fingerprint density at radius 1 is 1.04 bits per heavy atom. The molecule has 1 aliphatic heterocycles. The van der Waals surface area contributed by atoms with Gasteiger partial charge in [-0.2, -0.15) is 0 Å². The lowest BCUT2D eigenvalue weighted by molar-refractivity contribution is 0.0359. The van der Waals surface area contributed by atoms with Crippen molar-refractivity contribution in [1.82, 2.24) is 9.80 Å². The van der Waals surface area contributed by atoms with Crippen molar-refractivity contribution >= 4 is 11.6 Å². The van der Waals surface area contributed by atoms with Gasteiger partial charge in [0, 0.05) is 48.7 Å². The lowest BCUT2D eigenvalue weighted by Gasteiger charge is -2.44. The lowest BCUT2D eigenvalue weighted by atomic mass is 9.93. The molecule has 1 fully saturated rings. The molecule has 0 spiro atoms. The van der Waals surface area contributed by atoms with Crippen LogP contribution in [0.1, 0.15) is 55.8 Å². The zero-order valence-electron chi connectivity index (χ0n) is 16.3. The van der Waals surface area contributed by atoms with Gasteiger partial charge in [-0.25, -0.2) is 4.39 Å². The Bertz CT molecular complexity index is 805. The second kappa shape index (κ2) is 7.54. The fourth-order valence-corrected chi connectivity index (χ4v) is 5.22. The molecule has 27 heavy (non-hydrogen) atoms. The molecule has 2 aliphatic rings. The first-order valence-corrected chi connectivity index (χ1v) is 10.4. The molecule has 0 saturated carbocycles. The molecule has 3 unspecified atom stereocenters. The molecule has 1 aliphatic carbocycles. The molecule has 2 aromatic carbocycles. The van der Waals surface area contributed by atoms with Crippen LogP contribution in [0.3, 0.4) is 0 Å². The molecule has 4 rings (SSSR count). The summed E-state index contributed by atoms with van der Waals surface area (Å²) in [6, 6.07) is 14.8. The first kappa shape index (κ1) is 18.9. The van der Waals surface area contributed by atoms with Crippen LogP contribution in [0, 0.1) is 5.82 Å². The number of benzene rings is 2. The van der Waals surface area contributed by atoms with Crippen LogP contribution in [0.5, 0.6) is 0 Å². The van der Waals surface area contributed by atoms with Gasteiger partial charge in [-0.3, -0.25) is 9.80 Å². The Morgan fingerprint density at radius 2 is 1.78 bits per heavy atom. The van der Waals surface area contributed by atoms with Crippen molar-refractivity contribution in [2.24, 2.45) is 0 Å². The smallest absolute Gasteiger partial charge is 0.123 e. The van der Waals surface area contributed by atoms with Crippen LogP contribution in [0.4, 0.5) is 4.39 Å². The maximum Gasteiger partial charge on any atom is 0.123 e. The molecule has 2 aromatic rings. The molecular formula is C23H28ClFN2.